The molecule has 0 radical (unpaired) electrons. The van der Waals surface area contributed by atoms with Crippen LogP contribution >= 0.6 is 11.6 Å². The summed E-state index contributed by atoms with van der Waals surface area (Å²) < 4.78 is 0. The molecule has 1 heterocycles. The first-order valence-corrected chi connectivity index (χ1v) is 5.45. The van der Waals surface area contributed by atoms with Crippen LogP contribution in [0.1, 0.15) is 12.6 Å². The van der Waals surface area contributed by atoms with Gasteiger partial charge in [0.25, 0.3) is 0 Å². The van der Waals surface area contributed by atoms with Gasteiger partial charge in [-0.3, -0.25) is 10.3 Å². The summed E-state index contributed by atoms with van der Waals surface area (Å²) in [5.74, 6) is 0.307. The maximum Gasteiger partial charge on any atom is 0.318 e. The molecule has 7 heteroatoms. The lowest BCUT2D eigenvalue weighted by Gasteiger charge is -2.07. The van der Waals surface area contributed by atoms with Gasteiger partial charge in [0.2, 0.25) is 0 Å². The largest absolute Gasteiger partial charge is 0.356 e. The third-order valence-electron chi connectivity index (χ3n) is 1.81. The number of rotatable bonds is 3. The molecule has 0 saturated heterocycles. The molecule has 6 nitrogen and oxygen atoms in total. The van der Waals surface area contributed by atoms with Crippen LogP contribution in [0.2, 0.25) is 5.02 Å². The van der Waals surface area contributed by atoms with Crippen molar-refractivity contribution in [3.05, 3.63) is 29.0 Å². The molecule has 0 aliphatic rings. The Hall–Kier alpha value is -1.82. The van der Waals surface area contributed by atoms with E-state index < -0.39 is 6.03 Å². The molecule has 0 spiro atoms. The molecule has 92 valence electrons. The summed E-state index contributed by atoms with van der Waals surface area (Å²) in [6.45, 7) is 2.77. The minimum atomic E-state index is -0.670. The molecule has 4 N–H and O–H groups in total. The van der Waals surface area contributed by atoms with Gasteiger partial charge in [-0.05, 0) is 19.1 Å². The molecule has 17 heavy (non-hydrogen) atoms. The van der Waals surface area contributed by atoms with E-state index in [1.807, 2.05) is 6.92 Å². The van der Waals surface area contributed by atoms with E-state index in [9.17, 15) is 4.79 Å². The van der Waals surface area contributed by atoms with Gasteiger partial charge in [0.1, 0.15) is 0 Å². The van der Waals surface area contributed by atoms with Crippen LogP contribution in [0.4, 0.5) is 4.79 Å². The van der Waals surface area contributed by atoms with Gasteiger partial charge in [-0.25, -0.2) is 9.79 Å². The van der Waals surface area contributed by atoms with Crippen LogP contribution in [-0.2, 0) is 6.54 Å². The second-order valence-electron chi connectivity index (χ2n) is 3.12. The SMILES string of the molecule is CCNC(=NCc1ncccc1Cl)NC(N)=O. The number of nitrogens with two attached hydrogens (primary N) is 1. The molecule has 0 saturated carbocycles. The highest BCUT2D eigenvalue weighted by atomic mass is 35.5. The van der Waals surface area contributed by atoms with Crippen molar-refractivity contribution < 1.29 is 4.79 Å². The number of urea groups is 1. The first-order valence-electron chi connectivity index (χ1n) is 5.07. The lowest BCUT2D eigenvalue weighted by atomic mass is 10.3. The molecule has 0 aliphatic carbocycles. The summed E-state index contributed by atoms with van der Waals surface area (Å²) >= 11 is 5.93. The minimum Gasteiger partial charge on any atom is -0.356 e. The van der Waals surface area contributed by atoms with Gasteiger partial charge >= 0.3 is 6.03 Å². The second kappa shape index (κ2) is 6.70. The van der Waals surface area contributed by atoms with Gasteiger partial charge in [0.05, 0.1) is 17.3 Å². The lowest BCUT2D eigenvalue weighted by Crippen LogP contribution is -2.43. The monoisotopic (exact) mass is 255 g/mol. The summed E-state index contributed by atoms with van der Waals surface area (Å²) in [7, 11) is 0. The topological polar surface area (TPSA) is 92.4 Å². The molecule has 0 aromatic carbocycles. The Labute approximate surface area is 104 Å². The van der Waals surface area contributed by atoms with Crippen LogP contribution in [-0.4, -0.2) is 23.5 Å². The number of amides is 2. The van der Waals surface area contributed by atoms with Gasteiger partial charge in [-0.1, -0.05) is 11.6 Å². The van der Waals surface area contributed by atoms with E-state index in [0.717, 1.165) is 0 Å². The van der Waals surface area contributed by atoms with Crippen molar-refractivity contribution in [2.24, 2.45) is 10.7 Å². The minimum absolute atomic E-state index is 0.266. The van der Waals surface area contributed by atoms with Crippen molar-refractivity contribution in [3.8, 4) is 0 Å². The molecule has 0 unspecified atom stereocenters. The van der Waals surface area contributed by atoms with E-state index in [2.05, 4.69) is 20.6 Å². The number of pyridine rings is 1. The van der Waals surface area contributed by atoms with Crippen molar-refractivity contribution >= 4 is 23.6 Å². The fourth-order valence-corrected chi connectivity index (χ4v) is 1.29. The Morgan fingerprint density at radius 1 is 1.65 bits per heavy atom. The van der Waals surface area contributed by atoms with E-state index in [1.54, 1.807) is 18.3 Å². The Balaban J connectivity index is 2.71. The number of guanidine groups is 1. The number of aromatic nitrogens is 1. The van der Waals surface area contributed by atoms with Gasteiger partial charge in [0.15, 0.2) is 5.96 Å². The highest BCUT2D eigenvalue weighted by Gasteiger charge is 2.02. The molecular weight excluding hydrogens is 242 g/mol. The standard InChI is InChI=1S/C10H14ClN5O/c1-2-13-10(16-9(12)17)15-6-8-7(11)4-3-5-14-8/h3-5H,2,6H2,1H3,(H4,12,13,15,16,17). The normalized spacial score (nSPS) is 11.1. The summed E-state index contributed by atoms with van der Waals surface area (Å²) in [6, 6.07) is 2.80. The van der Waals surface area contributed by atoms with Crippen molar-refractivity contribution in [2.75, 3.05) is 6.54 Å². The zero-order chi connectivity index (χ0) is 12.7. The maximum absolute atomic E-state index is 10.7. The predicted octanol–water partition coefficient (Wildman–Crippen LogP) is 0.869. The van der Waals surface area contributed by atoms with Gasteiger partial charge in [-0.2, -0.15) is 0 Å². The quantitative estimate of drug-likeness (QED) is 0.553. The zero-order valence-electron chi connectivity index (χ0n) is 9.40. The highest BCUT2D eigenvalue weighted by Crippen LogP contribution is 2.12. The number of nitrogens with zero attached hydrogens (tertiary/aromatic N) is 2. The van der Waals surface area contributed by atoms with E-state index in [4.69, 9.17) is 17.3 Å². The van der Waals surface area contributed by atoms with E-state index in [1.165, 1.54) is 0 Å². The average molecular weight is 256 g/mol. The average Bonchev–Trinajstić information content (AvgIpc) is 2.27. The number of carbonyl (C=O) groups excluding carboxylic acids is 1. The first kappa shape index (κ1) is 13.2. The molecule has 0 bridgehead atoms. The lowest BCUT2D eigenvalue weighted by molar-refractivity contribution is 0.253. The van der Waals surface area contributed by atoms with Crippen molar-refractivity contribution in [2.45, 2.75) is 13.5 Å². The van der Waals surface area contributed by atoms with Gasteiger partial charge in [-0.15, -0.1) is 0 Å². The van der Waals surface area contributed by atoms with E-state index >= 15 is 0 Å². The number of hydrogen-bond acceptors (Lipinski definition) is 3. The molecule has 0 fully saturated rings. The van der Waals surface area contributed by atoms with Gasteiger partial charge < -0.3 is 11.1 Å². The third kappa shape index (κ3) is 4.69. The van der Waals surface area contributed by atoms with Crippen molar-refractivity contribution in [1.82, 2.24) is 15.6 Å². The Bertz CT molecular complexity index is 421. The Kier molecular flexibility index (Phi) is 5.22. The Morgan fingerprint density at radius 2 is 2.41 bits per heavy atom. The molecule has 0 aliphatic heterocycles. The fourth-order valence-electron chi connectivity index (χ4n) is 1.11. The van der Waals surface area contributed by atoms with Crippen LogP contribution in [0.15, 0.2) is 23.3 Å². The summed E-state index contributed by atoms with van der Waals surface area (Å²) in [5.41, 5.74) is 5.64. The molecule has 1 aromatic heterocycles. The van der Waals surface area contributed by atoms with Crippen LogP contribution in [0.25, 0.3) is 0 Å². The number of carbonyl (C=O) groups is 1. The fraction of sp³-hybridized carbons (Fsp3) is 0.300. The van der Waals surface area contributed by atoms with Gasteiger partial charge in [0, 0.05) is 12.7 Å². The third-order valence-corrected chi connectivity index (χ3v) is 2.15. The first-order chi connectivity index (χ1) is 8.13. The molecule has 0 atom stereocenters. The summed E-state index contributed by atoms with van der Waals surface area (Å²) in [6.07, 6.45) is 1.63. The summed E-state index contributed by atoms with van der Waals surface area (Å²) in [4.78, 5) is 18.9. The number of halogens is 1. The van der Waals surface area contributed by atoms with E-state index in [0.29, 0.717) is 23.2 Å². The Morgan fingerprint density at radius 3 is 3.00 bits per heavy atom. The number of hydrogen-bond donors (Lipinski definition) is 3. The molecule has 1 rings (SSSR count). The van der Waals surface area contributed by atoms with Crippen LogP contribution < -0.4 is 16.4 Å². The molecular formula is C10H14ClN5O. The highest BCUT2D eigenvalue weighted by molar-refractivity contribution is 6.31. The smallest absolute Gasteiger partial charge is 0.318 e. The van der Waals surface area contributed by atoms with Crippen LogP contribution in [0.3, 0.4) is 0 Å². The maximum atomic E-state index is 10.7. The zero-order valence-corrected chi connectivity index (χ0v) is 10.2. The molecule has 2 amide bonds. The number of aliphatic imine (C=N–C) groups is 1. The number of nitrogens with one attached hydrogen (secondary N) is 2. The van der Waals surface area contributed by atoms with Crippen LogP contribution in [0.5, 0.6) is 0 Å². The van der Waals surface area contributed by atoms with E-state index in [-0.39, 0.29) is 6.54 Å². The van der Waals surface area contributed by atoms with Crippen molar-refractivity contribution in [3.63, 3.8) is 0 Å². The second-order valence-corrected chi connectivity index (χ2v) is 3.52. The summed E-state index contributed by atoms with van der Waals surface area (Å²) in [5, 5.41) is 5.78. The molecule has 1 aromatic rings. The van der Waals surface area contributed by atoms with Crippen LogP contribution in [0, 0.1) is 0 Å². The predicted molar refractivity (Wildman–Crippen MR) is 66.8 cm³/mol. The van der Waals surface area contributed by atoms with Crippen molar-refractivity contribution in [1.29, 1.82) is 0 Å². The number of primary amides is 1.